The minimum absolute atomic E-state index is 0.0155. The number of hydrogen-bond donors (Lipinski definition) is 1. The van der Waals surface area contributed by atoms with Crippen molar-refractivity contribution >= 4 is 40.9 Å². The Bertz CT molecular complexity index is 818. The monoisotopic (exact) mass is 457 g/mol. The molecule has 2 aromatic rings. The molecule has 2 atom stereocenters. The second-order valence-electron chi connectivity index (χ2n) is 7.21. The Kier molecular flexibility index (Phi) is 8.51. The van der Waals surface area contributed by atoms with Gasteiger partial charge in [-0.2, -0.15) is 0 Å². The Hall–Kier alpha value is -1.44. The maximum Gasteiger partial charge on any atom is 0.277 e. The Morgan fingerprint density at radius 2 is 2.14 bits per heavy atom. The van der Waals surface area contributed by atoms with E-state index >= 15 is 0 Å². The summed E-state index contributed by atoms with van der Waals surface area (Å²) >= 11 is 13.2. The lowest BCUT2D eigenvalue weighted by Crippen LogP contribution is -2.41. The fourth-order valence-corrected chi connectivity index (χ4v) is 4.36. The predicted octanol–water partition coefficient (Wildman–Crippen LogP) is 5.18. The molecule has 0 bridgehead atoms. The van der Waals surface area contributed by atoms with Gasteiger partial charge in [-0.3, -0.25) is 4.79 Å². The fraction of sp³-hybridized carbons (Fsp3) is 0.550. The number of benzene rings is 1. The summed E-state index contributed by atoms with van der Waals surface area (Å²) in [7, 11) is 0. The second kappa shape index (κ2) is 11.1. The van der Waals surface area contributed by atoms with Gasteiger partial charge >= 0.3 is 0 Å². The quantitative estimate of drug-likeness (QED) is 0.413. The van der Waals surface area contributed by atoms with Crippen LogP contribution in [0.4, 0.5) is 0 Å². The van der Waals surface area contributed by atoms with Crippen LogP contribution in [0.25, 0.3) is 0 Å². The molecule has 1 aliphatic carbocycles. The molecule has 0 unspecified atom stereocenters. The van der Waals surface area contributed by atoms with E-state index in [0.717, 1.165) is 6.42 Å². The molecule has 1 aromatic heterocycles. The molecule has 158 valence electrons. The van der Waals surface area contributed by atoms with Crippen molar-refractivity contribution in [1.82, 2.24) is 15.5 Å². The molecular weight excluding hydrogens is 433 g/mol. The number of hydrogen-bond acceptors (Lipinski definition) is 6. The minimum Gasteiger partial charge on any atom is -0.492 e. The summed E-state index contributed by atoms with van der Waals surface area (Å²) in [6.45, 7) is 2.67. The zero-order valence-corrected chi connectivity index (χ0v) is 18.7. The average Bonchev–Trinajstić information content (AvgIpc) is 3.15. The summed E-state index contributed by atoms with van der Waals surface area (Å²) in [6.07, 6.45) is 5.97. The van der Waals surface area contributed by atoms with Crippen molar-refractivity contribution < 1.29 is 13.9 Å². The molecule has 1 N–H and O–H groups in total. The van der Waals surface area contributed by atoms with Crippen LogP contribution in [0, 0.1) is 5.92 Å². The van der Waals surface area contributed by atoms with Crippen molar-refractivity contribution in [2.75, 3.05) is 12.4 Å². The van der Waals surface area contributed by atoms with Gasteiger partial charge in [0, 0.05) is 17.5 Å². The summed E-state index contributed by atoms with van der Waals surface area (Å²) < 4.78 is 11.2. The van der Waals surface area contributed by atoms with Gasteiger partial charge in [-0.25, -0.2) is 0 Å². The highest BCUT2D eigenvalue weighted by Gasteiger charge is 2.23. The molecule has 6 nitrogen and oxygen atoms in total. The van der Waals surface area contributed by atoms with E-state index in [-0.39, 0.29) is 17.7 Å². The molecule has 1 amide bonds. The average molecular weight is 458 g/mol. The molecule has 0 radical (unpaired) electrons. The van der Waals surface area contributed by atoms with Crippen LogP contribution in [0.3, 0.4) is 0 Å². The van der Waals surface area contributed by atoms with E-state index in [1.54, 1.807) is 18.2 Å². The van der Waals surface area contributed by atoms with Crippen molar-refractivity contribution in [3.8, 4) is 5.75 Å². The largest absolute Gasteiger partial charge is 0.492 e. The Balaban J connectivity index is 1.35. The van der Waals surface area contributed by atoms with Crippen molar-refractivity contribution in [2.24, 2.45) is 5.92 Å². The number of nitrogens with one attached hydrogen (secondary N) is 1. The molecule has 1 heterocycles. The van der Waals surface area contributed by atoms with E-state index in [0.29, 0.717) is 52.3 Å². The van der Waals surface area contributed by atoms with E-state index in [1.165, 1.54) is 31.0 Å². The second-order valence-corrected chi connectivity index (χ2v) is 8.98. The first-order valence-electron chi connectivity index (χ1n) is 9.83. The molecule has 9 heteroatoms. The fourth-order valence-electron chi connectivity index (χ4n) is 3.30. The van der Waals surface area contributed by atoms with E-state index < -0.39 is 0 Å². The van der Waals surface area contributed by atoms with Crippen LogP contribution >= 0.6 is 35.0 Å². The lowest BCUT2D eigenvalue weighted by Gasteiger charge is -2.29. The van der Waals surface area contributed by atoms with E-state index in [1.807, 2.05) is 0 Å². The number of aromatic nitrogens is 2. The van der Waals surface area contributed by atoms with Crippen molar-refractivity contribution in [3.63, 3.8) is 0 Å². The zero-order valence-electron chi connectivity index (χ0n) is 16.3. The topological polar surface area (TPSA) is 77.2 Å². The molecule has 0 saturated heterocycles. The first kappa shape index (κ1) is 22.2. The van der Waals surface area contributed by atoms with Gasteiger partial charge in [0.15, 0.2) is 0 Å². The van der Waals surface area contributed by atoms with Crippen LogP contribution < -0.4 is 10.1 Å². The first-order valence-corrected chi connectivity index (χ1v) is 11.6. The Morgan fingerprint density at radius 1 is 1.31 bits per heavy atom. The van der Waals surface area contributed by atoms with Gasteiger partial charge < -0.3 is 14.5 Å². The predicted molar refractivity (Wildman–Crippen MR) is 115 cm³/mol. The van der Waals surface area contributed by atoms with Crippen LogP contribution in [0.5, 0.6) is 5.75 Å². The number of amides is 1. The highest BCUT2D eigenvalue weighted by atomic mass is 35.5. The van der Waals surface area contributed by atoms with Gasteiger partial charge in [-0.15, -0.1) is 10.2 Å². The molecule has 0 aliphatic heterocycles. The van der Waals surface area contributed by atoms with E-state index in [4.69, 9.17) is 32.4 Å². The maximum absolute atomic E-state index is 12.2. The third kappa shape index (κ3) is 7.08. The normalized spacial score (nSPS) is 19.1. The van der Waals surface area contributed by atoms with Crippen LogP contribution in [0.15, 0.2) is 27.8 Å². The zero-order chi connectivity index (χ0) is 20.6. The van der Waals surface area contributed by atoms with E-state index in [2.05, 4.69) is 22.4 Å². The summed E-state index contributed by atoms with van der Waals surface area (Å²) in [4.78, 5) is 12.2. The summed E-state index contributed by atoms with van der Waals surface area (Å²) in [6, 6.07) is 5.40. The third-order valence-corrected chi connectivity index (χ3v) is 6.27. The van der Waals surface area contributed by atoms with Gasteiger partial charge in [0.05, 0.1) is 17.4 Å². The maximum atomic E-state index is 12.2. The number of rotatable bonds is 9. The third-order valence-electron chi connectivity index (χ3n) is 4.92. The highest BCUT2D eigenvalue weighted by molar-refractivity contribution is 7.99. The lowest BCUT2D eigenvalue weighted by atomic mass is 9.86. The van der Waals surface area contributed by atoms with Crippen molar-refractivity contribution in [1.29, 1.82) is 0 Å². The first-order chi connectivity index (χ1) is 14.0. The minimum atomic E-state index is 0.0155. The Morgan fingerprint density at radius 3 is 2.93 bits per heavy atom. The molecule has 0 spiro atoms. The highest BCUT2D eigenvalue weighted by Crippen LogP contribution is 2.28. The number of thioether (sulfide) groups is 1. The number of ether oxygens (including phenoxy) is 1. The number of nitrogens with zero attached hydrogens (tertiary/aromatic N) is 2. The number of carbonyl (C=O) groups is 1. The smallest absolute Gasteiger partial charge is 0.277 e. The molecule has 1 aromatic carbocycles. The number of halogens is 2. The molecule has 29 heavy (non-hydrogen) atoms. The van der Waals surface area contributed by atoms with Crippen LogP contribution in [0.1, 0.15) is 44.9 Å². The summed E-state index contributed by atoms with van der Waals surface area (Å²) in [5.74, 6) is 1.96. The van der Waals surface area contributed by atoms with Gasteiger partial charge in [0.2, 0.25) is 11.8 Å². The van der Waals surface area contributed by atoms with Gasteiger partial charge in [0.25, 0.3) is 5.22 Å². The number of carbonyl (C=O) groups excluding carboxylic acids is 1. The SMILES string of the molecule is C[C@H]1CCCC[C@@H]1NC(=O)CSc1nnc(CCCOc2ccc(Cl)cc2Cl)o1. The van der Waals surface area contributed by atoms with E-state index in [9.17, 15) is 4.79 Å². The van der Waals surface area contributed by atoms with Crippen molar-refractivity contribution in [3.05, 3.63) is 34.1 Å². The van der Waals surface area contributed by atoms with Gasteiger partial charge in [-0.05, 0) is 43.4 Å². The van der Waals surface area contributed by atoms with Crippen LogP contribution in [-0.2, 0) is 11.2 Å². The molecular formula is C20H25Cl2N3O3S. The van der Waals surface area contributed by atoms with Gasteiger partial charge in [0.1, 0.15) is 5.75 Å². The van der Waals surface area contributed by atoms with Crippen LogP contribution in [0.2, 0.25) is 10.0 Å². The number of aryl methyl sites for hydroxylation is 1. The van der Waals surface area contributed by atoms with Crippen LogP contribution in [-0.4, -0.2) is 34.5 Å². The molecule has 1 fully saturated rings. The molecule has 1 aliphatic rings. The molecule has 1 saturated carbocycles. The van der Waals surface area contributed by atoms with Gasteiger partial charge in [-0.1, -0.05) is 54.7 Å². The standard InChI is InChI=1S/C20H25Cl2N3O3S/c1-13-5-2-3-6-16(13)23-18(26)12-29-20-25-24-19(28-20)7-4-10-27-17-9-8-14(21)11-15(17)22/h8-9,11,13,16H,2-7,10,12H2,1H3,(H,23,26)/t13-,16-/m0/s1. The molecule has 3 rings (SSSR count). The summed E-state index contributed by atoms with van der Waals surface area (Å²) in [5.41, 5.74) is 0. The lowest BCUT2D eigenvalue weighted by molar-refractivity contribution is -0.119. The Labute approximate surface area is 185 Å². The van der Waals surface area contributed by atoms with Crippen molar-refractivity contribution in [2.45, 2.75) is 56.7 Å². The summed E-state index contributed by atoms with van der Waals surface area (Å²) in [5, 5.41) is 12.6.